The third-order valence-electron chi connectivity index (χ3n) is 3.35. The van der Waals surface area contributed by atoms with Crippen molar-refractivity contribution < 1.29 is 23.8 Å². The number of benzene rings is 2. The topological polar surface area (TPSA) is 85.9 Å². The first-order valence-corrected chi connectivity index (χ1v) is 9.35. The molecule has 0 saturated carbocycles. The van der Waals surface area contributed by atoms with Crippen molar-refractivity contribution in [1.82, 2.24) is 5.32 Å². The number of thiocarbonyl (C=S) groups is 1. The van der Waals surface area contributed by atoms with E-state index in [-0.39, 0.29) is 11.7 Å². The van der Waals surface area contributed by atoms with Crippen LogP contribution in [0.15, 0.2) is 66.7 Å². The Morgan fingerprint density at radius 1 is 0.966 bits per heavy atom. The van der Waals surface area contributed by atoms with Crippen molar-refractivity contribution in [3.05, 3.63) is 66.7 Å². The summed E-state index contributed by atoms with van der Waals surface area (Å²) in [5.41, 5.74) is 0.645. The van der Waals surface area contributed by atoms with E-state index in [1.165, 1.54) is 0 Å². The Morgan fingerprint density at radius 3 is 2.38 bits per heavy atom. The van der Waals surface area contributed by atoms with Crippen LogP contribution in [0.1, 0.15) is 6.92 Å². The highest BCUT2D eigenvalue weighted by molar-refractivity contribution is 7.80. The van der Waals surface area contributed by atoms with Crippen LogP contribution < -0.4 is 20.1 Å². The van der Waals surface area contributed by atoms with Gasteiger partial charge in [-0.3, -0.25) is 10.1 Å². The van der Waals surface area contributed by atoms with E-state index in [1.807, 2.05) is 30.3 Å². The summed E-state index contributed by atoms with van der Waals surface area (Å²) in [4.78, 5) is 22.9. The average molecular weight is 414 g/mol. The molecule has 152 valence electrons. The van der Waals surface area contributed by atoms with E-state index < -0.39 is 11.9 Å². The average Bonchev–Trinajstić information content (AvgIpc) is 2.71. The molecule has 2 aromatic carbocycles. The quantitative estimate of drug-likeness (QED) is 0.282. The van der Waals surface area contributed by atoms with E-state index >= 15 is 0 Å². The predicted octanol–water partition coefficient (Wildman–Crippen LogP) is 3.08. The minimum Gasteiger partial charge on any atom is -0.490 e. The third kappa shape index (κ3) is 8.89. The van der Waals surface area contributed by atoms with Crippen LogP contribution in [-0.2, 0) is 14.3 Å². The Labute approximate surface area is 174 Å². The summed E-state index contributed by atoms with van der Waals surface area (Å²) in [6, 6.07) is 16.6. The molecule has 0 spiro atoms. The van der Waals surface area contributed by atoms with Gasteiger partial charge in [-0.2, -0.15) is 0 Å². The summed E-state index contributed by atoms with van der Waals surface area (Å²) < 4.78 is 15.9. The molecule has 0 aliphatic rings. The summed E-state index contributed by atoms with van der Waals surface area (Å²) in [5, 5.41) is 5.41. The Balaban J connectivity index is 1.76. The van der Waals surface area contributed by atoms with Crippen LogP contribution in [0.3, 0.4) is 0 Å². The van der Waals surface area contributed by atoms with Crippen molar-refractivity contribution in [3.63, 3.8) is 0 Å². The van der Waals surface area contributed by atoms with Gasteiger partial charge in [-0.1, -0.05) is 24.3 Å². The fourth-order valence-electron chi connectivity index (χ4n) is 2.15. The number of ether oxygens (including phenoxy) is 3. The molecule has 2 N–H and O–H groups in total. The molecule has 0 aliphatic heterocycles. The van der Waals surface area contributed by atoms with Crippen LogP contribution in [0.5, 0.6) is 11.5 Å². The standard InChI is InChI=1S/C21H22N2O5S/c1-2-26-20(25)12-11-19(24)23-21(29)22-16-7-6-10-18(15-16)28-14-13-27-17-8-4-3-5-9-17/h3-12,15H,2,13-14H2,1H3,(H2,22,23,24,29)/b12-11+. The summed E-state index contributed by atoms with van der Waals surface area (Å²) in [7, 11) is 0. The van der Waals surface area contributed by atoms with Crippen molar-refractivity contribution >= 4 is 34.9 Å². The Hall–Kier alpha value is -3.39. The molecule has 0 fully saturated rings. The number of carbonyl (C=O) groups is 2. The van der Waals surface area contributed by atoms with Crippen molar-refractivity contribution in [2.45, 2.75) is 6.92 Å². The second kappa shape index (κ2) is 12.1. The maximum absolute atomic E-state index is 11.7. The molecule has 0 aromatic heterocycles. The first-order chi connectivity index (χ1) is 14.1. The minimum absolute atomic E-state index is 0.0908. The number of para-hydroxylation sites is 1. The SMILES string of the molecule is CCOC(=O)/C=C/C(=O)NC(=S)Nc1cccc(OCCOc2ccccc2)c1. The fourth-order valence-corrected chi connectivity index (χ4v) is 2.37. The van der Waals surface area contributed by atoms with E-state index in [4.69, 9.17) is 26.4 Å². The Kier molecular flexibility index (Phi) is 9.17. The van der Waals surface area contributed by atoms with E-state index in [9.17, 15) is 9.59 Å². The molecule has 2 rings (SSSR count). The largest absolute Gasteiger partial charge is 0.490 e. The lowest BCUT2D eigenvalue weighted by molar-refractivity contribution is -0.137. The lowest BCUT2D eigenvalue weighted by atomic mass is 10.3. The van der Waals surface area contributed by atoms with Crippen LogP contribution in [-0.4, -0.2) is 36.8 Å². The molecule has 8 heteroatoms. The molecule has 1 amide bonds. The van der Waals surface area contributed by atoms with E-state index in [1.54, 1.807) is 31.2 Å². The highest BCUT2D eigenvalue weighted by Gasteiger charge is 2.04. The van der Waals surface area contributed by atoms with Gasteiger partial charge in [0.1, 0.15) is 24.7 Å². The lowest BCUT2D eigenvalue weighted by Crippen LogP contribution is -2.33. The summed E-state index contributed by atoms with van der Waals surface area (Å²) in [6.45, 7) is 2.70. The Bertz CT molecular complexity index is 855. The Morgan fingerprint density at radius 2 is 1.66 bits per heavy atom. The van der Waals surface area contributed by atoms with Crippen LogP contribution in [0.25, 0.3) is 0 Å². The van der Waals surface area contributed by atoms with E-state index in [0.717, 1.165) is 17.9 Å². The first kappa shape index (κ1) is 21.9. The van der Waals surface area contributed by atoms with Gasteiger partial charge in [-0.05, 0) is 43.4 Å². The molecule has 0 unspecified atom stereocenters. The number of nitrogens with one attached hydrogen (secondary N) is 2. The molecule has 0 atom stereocenters. The number of carbonyl (C=O) groups excluding carboxylic acids is 2. The van der Waals surface area contributed by atoms with Crippen LogP contribution in [0.2, 0.25) is 0 Å². The number of rotatable bonds is 9. The van der Waals surface area contributed by atoms with E-state index in [0.29, 0.717) is 24.7 Å². The van der Waals surface area contributed by atoms with Crippen molar-refractivity contribution in [3.8, 4) is 11.5 Å². The second-order valence-electron chi connectivity index (χ2n) is 5.57. The van der Waals surface area contributed by atoms with Crippen molar-refractivity contribution in [2.24, 2.45) is 0 Å². The highest BCUT2D eigenvalue weighted by Crippen LogP contribution is 2.17. The molecule has 0 aliphatic carbocycles. The number of hydrogen-bond donors (Lipinski definition) is 2. The first-order valence-electron chi connectivity index (χ1n) is 8.94. The molecule has 7 nitrogen and oxygen atoms in total. The van der Waals surface area contributed by atoms with Gasteiger partial charge in [0.2, 0.25) is 5.91 Å². The lowest BCUT2D eigenvalue weighted by Gasteiger charge is -2.11. The number of esters is 1. The van der Waals surface area contributed by atoms with Crippen molar-refractivity contribution in [2.75, 3.05) is 25.1 Å². The van der Waals surface area contributed by atoms with Gasteiger partial charge >= 0.3 is 5.97 Å². The van der Waals surface area contributed by atoms with Gasteiger partial charge in [-0.15, -0.1) is 0 Å². The van der Waals surface area contributed by atoms with Gasteiger partial charge in [0.25, 0.3) is 0 Å². The second-order valence-corrected chi connectivity index (χ2v) is 5.97. The van der Waals surface area contributed by atoms with Crippen LogP contribution in [0.4, 0.5) is 5.69 Å². The number of anilines is 1. The molecule has 2 aromatic rings. The predicted molar refractivity (Wildman–Crippen MR) is 114 cm³/mol. The van der Waals surface area contributed by atoms with Crippen LogP contribution in [0, 0.1) is 0 Å². The molecule has 0 radical (unpaired) electrons. The summed E-state index contributed by atoms with van der Waals surface area (Å²) >= 11 is 5.09. The summed E-state index contributed by atoms with van der Waals surface area (Å²) in [5.74, 6) is 0.274. The molecule has 29 heavy (non-hydrogen) atoms. The molecular formula is C21H22N2O5S. The third-order valence-corrected chi connectivity index (χ3v) is 3.55. The number of amides is 1. The van der Waals surface area contributed by atoms with Crippen LogP contribution >= 0.6 is 12.2 Å². The molecule has 0 bridgehead atoms. The van der Waals surface area contributed by atoms with Gasteiger partial charge < -0.3 is 19.5 Å². The number of hydrogen-bond acceptors (Lipinski definition) is 6. The van der Waals surface area contributed by atoms with Gasteiger partial charge in [0, 0.05) is 23.9 Å². The maximum atomic E-state index is 11.7. The zero-order valence-electron chi connectivity index (χ0n) is 15.9. The van der Waals surface area contributed by atoms with Gasteiger partial charge in [0.05, 0.1) is 6.61 Å². The zero-order valence-corrected chi connectivity index (χ0v) is 16.7. The highest BCUT2D eigenvalue weighted by atomic mass is 32.1. The monoisotopic (exact) mass is 414 g/mol. The molecule has 0 heterocycles. The zero-order chi connectivity index (χ0) is 20.9. The smallest absolute Gasteiger partial charge is 0.330 e. The van der Waals surface area contributed by atoms with E-state index in [2.05, 4.69) is 10.6 Å². The normalized spacial score (nSPS) is 10.2. The summed E-state index contributed by atoms with van der Waals surface area (Å²) in [6.07, 6.45) is 2.09. The molecule has 0 saturated heterocycles. The van der Waals surface area contributed by atoms with Gasteiger partial charge in [0.15, 0.2) is 5.11 Å². The molecular weight excluding hydrogens is 392 g/mol. The maximum Gasteiger partial charge on any atom is 0.330 e. The minimum atomic E-state index is -0.595. The fraction of sp³-hybridized carbons (Fsp3) is 0.190. The van der Waals surface area contributed by atoms with Gasteiger partial charge in [-0.25, -0.2) is 4.79 Å². The van der Waals surface area contributed by atoms with Crippen molar-refractivity contribution in [1.29, 1.82) is 0 Å².